The quantitative estimate of drug-likeness (QED) is 0.505. The summed E-state index contributed by atoms with van der Waals surface area (Å²) in [5.74, 6) is 0.311. The van der Waals surface area contributed by atoms with Gasteiger partial charge in [-0.15, -0.1) is 0 Å². The summed E-state index contributed by atoms with van der Waals surface area (Å²) < 4.78 is 25.5. The zero-order valence-electron chi connectivity index (χ0n) is 14.5. The number of thioether (sulfide) groups is 1. The molecule has 1 saturated heterocycles. The van der Waals surface area contributed by atoms with Gasteiger partial charge in [-0.2, -0.15) is 0 Å². The normalized spacial score (nSPS) is 15.6. The Morgan fingerprint density at radius 2 is 2.07 bits per heavy atom. The van der Waals surface area contributed by atoms with Gasteiger partial charge in [0.1, 0.15) is 16.7 Å². The number of carbonyl (C=O) groups excluding carboxylic acids is 1. The lowest BCUT2D eigenvalue weighted by Gasteiger charge is -2.13. The van der Waals surface area contributed by atoms with Crippen LogP contribution in [0.15, 0.2) is 41.3 Å². The second-order valence-electron chi connectivity index (χ2n) is 5.64. The maximum Gasteiger partial charge on any atom is 0.265 e. The van der Waals surface area contributed by atoms with E-state index in [0.29, 0.717) is 20.7 Å². The Labute approximate surface area is 170 Å². The standard InChI is InChI=1S/C19H15ClFNO3S2/c1-22-18(23)17(27-19(22)26)9-11-6-7-15(24-2)16(8-11)25-10-12-13(20)4-3-5-14(12)21/h3-9H,10H2,1-2H3. The highest BCUT2D eigenvalue weighted by Crippen LogP contribution is 2.34. The number of halogens is 2. The zero-order valence-corrected chi connectivity index (χ0v) is 16.9. The lowest BCUT2D eigenvalue weighted by Crippen LogP contribution is -2.22. The first-order valence-electron chi connectivity index (χ1n) is 7.86. The molecular formula is C19H15ClFNO3S2. The Morgan fingerprint density at radius 1 is 1.30 bits per heavy atom. The second kappa shape index (κ2) is 8.29. The first kappa shape index (κ1) is 19.7. The molecule has 2 aromatic rings. The van der Waals surface area contributed by atoms with Crippen LogP contribution >= 0.6 is 35.6 Å². The number of nitrogens with zero attached hydrogens (tertiary/aromatic N) is 1. The Kier molecular flexibility index (Phi) is 6.04. The van der Waals surface area contributed by atoms with Crippen LogP contribution in [0.25, 0.3) is 6.08 Å². The monoisotopic (exact) mass is 423 g/mol. The average molecular weight is 424 g/mol. The van der Waals surface area contributed by atoms with Crippen LogP contribution in [0.1, 0.15) is 11.1 Å². The predicted octanol–water partition coefficient (Wildman–Crippen LogP) is 4.90. The molecule has 0 N–H and O–H groups in total. The molecule has 0 unspecified atom stereocenters. The number of amides is 1. The number of carbonyl (C=O) groups is 1. The molecule has 140 valence electrons. The summed E-state index contributed by atoms with van der Waals surface area (Å²) in [6.45, 7) is -0.0532. The molecule has 0 bridgehead atoms. The SMILES string of the molecule is COc1ccc(C=C2SC(=S)N(C)C2=O)cc1OCc1c(F)cccc1Cl. The average Bonchev–Trinajstić information content (AvgIpc) is 2.88. The molecule has 1 aliphatic heterocycles. The molecule has 1 aliphatic rings. The Bertz CT molecular complexity index is 928. The molecule has 1 heterocycles. The van der Waals surface area contributed by atoms with Gasteiger partial charge >= 0.3 is 0 Å². The summed E-state index contributed by atoms with van der Waals surface area (Å²) in [4.78, 5) is 14.1. The topological polar surface area (TPSA) is 38.8 Å². The summed E-state index contributed by atoms with van der Waals surface area (Å²) in [7, 11) is 3.15. The van der Waals surface area contributed by atoms with E-state index in [2.05, 4.69) is 0 Å². The van der Waals surface area contributed by atoms with E-state index in [-0.39, 0.29) is 23.1 Å². The minimum atomic E-state index is -0.441. The molecule has 27 heavy (non-hydrogen) atoms. The number of ether oxygens (including phenoxy) is 2. The van der Waals surface area contributed by atoms with E-state index in [0.717, 1.165) is 5.56 Å². The Balaban J connectivity index is 1.86. The maximum absolute atomic E-state index is 13.9. The Morgan fingerprint density at radius 3 is 2.70 bits per heavy atom. The summed E-state index contributed by atoms with van der Waals surface area (Å²) >= 11 is 12.4. The molecule has 8 heteroatoms. The van der Waals surface area contributed by atoms with Gasteiger partial charge < -0.3 is 9.47 Å². The predicted molar refractivity (Wildman–Crippen MR) is 110 cm³/mol. The van der Waals surface area contributed by atoms with Crippen molar-refractivity contribution < 1.29 is 18.7 Å². The maximum atomic E-state index is 13.9. The molecule has 0 spiro atoms. The molecular weight excluding hydrogens is 409 g/mol. The fourth-order valence-electron chi connectivity index (χ4n) is 2.41. The first-order chi connectivity index (χ1) is 12.9. The third kappa shape index (κ3) is 4.26. The van der Waals surface area contributed by atoms with Gasteiger partial charge in [-0.05, 0) is 35.9 Å². The van der Waals surface area contributed by atoms with Crippen molar-refractivity contribution in [2.75, 3.05) is 14.2 Å². The lowest BCUT2D eigenvalue weighted by molar-refractivity contribution is -0.121. The van der Waals surface area contributed by atoms with Crippen LogP contribution in [-0.4, -0.2) is 29.3 Å². The summed E-state index contributed by atoms with van der Waals surface area (Å²) in [6.07, 6.45) is 1.73. The molecule has 0 saturated carbocycles. The highest BCUT2D eigenvalue weighted by molar-refractivity contribution is 8.26. The minimum absolute atomic E-state index is 0.0532. The molecule has 4 nitrogen and oxygen atoms in total. The van der Waals surface area contributed by atoms with Gasteiger partial charge in [-0.1, -0.05) is 47.7 Å². The fourth-order valence-corrected chi connectivity index (χ4v) is 3.81. The highest BCUT2D eigenvalue weighted by atomic mass is 35.5. The van der Waals surface area contributed by atoms with Gasteiger partial charge in [0.25, 0.3) is 5.91 Å². The number of hydrogen-bond acceptors (Lipinski definition) is 5. The number of thiocarbonyl (C=S) groups is 1. The first-order valence-corrected chi connectivity index (χ1v) is 9.46. The van der Waals surface area contributed by atoms with Crippen LogP contribution < -0.4 is 9.47 Å². The van der Waals surface area contributed by atoms with E-state index >= 15 is 0 Å². The van der Waals surface area contributed by atoms with Crippen molar-refractivity contribution in [2.45, 2.75) is 6.61 Å². The van der Waals surface area contributed by atoms with Gasteiger partial charge in [0.05, 0.1) is 17.0 Å². The van der Waals surface area contributed by atoms with Gasteiger partial charge in [-0.25, -0.2) is 4.39 Å². The van der Waals surface area contributed by atoms with Crippen molar-refractivity contribution in [3.8, 4) is 11.5 Å². The van der Waals surface area contributed by atoms with Crippen molar-refractivity contribution in [1.29, 1.82) is 0 Å². The molecule has 0 radical (unpaired) electrons. The third-order valence-corrected chi connectivity index (χ3v) is 5.74. The van der Waals surface area contributed by atoms with E-state index in [1.807, 2.05) is 0 Å². The van der Waals surface area contributed by atoms with E-state index < -0.39 is 5.82 Å². The van der Waals surface area contributed by atoms with Crippen molar-refractivity contribution >= 4 is 51.9 Å². The van der Waals surface area contributed by atoms with Crippen molar-refractivity contribution in [3.05, 3.63) is 63.3 Å². The van der Waals surface area contributed by atoms with Crippen LogP contribution in [0.5, 0.6) is 11.5 Å². The number of methoxy groups -OCH3 is 1. The van der Waals surface area contributed by atoms with Crippen LogP contribution in [0, 0.1) is 5.82 Å². The van der Waals surface area contributed by atoms with Crippen LogP contribution in [-0.2, 0) is 11.4 Å². The largest absolute Gasteiger partial charge is 0.493 e. The van der Waals surface area contributed by atoms with Crippen molar-refractivity contribution in [2.24, 2.45) is 0 Å². The van der Waals surface area contributed by atoms with Gasteiger partial charge in [0.15, 0.2) is 11.5 Å². The molecule has 0 aliphatic carbocycles. The third-order valence-electron chi connectivity index (χ3n) is 3.91. The summed E-state index contributed by atoms with van der Waals surface area (Å²) in [5, 5.41) is 0.289. The van der Waals surface area contributed by atoms with Crippen molar-refractivity contribution in [1.82, 2.24) is 4.90 Å². The molecule has 2 aromatic carbocycles. The number of benzene rings is 2. The molecule has 3 rings (SSSR count). The van der Waals surface area contributed by atoms with Crippen LogP contribution in [0.3, 0.4) is 0 Å². The van der Waals surface area contributed by atoms with E-state index in [4.69, 9.17) is 33.3 Å². The zero-order chi connectivity index (χ0) is 19.6. The van der Waals surface area contributed by atoms with Crippen molar-refractivity contribution in [3.63, 3.8) is 0 Å². The molecule has 1 fully saturated rings. The van der Waals surface area contributed by atoms with E-state index in [1.165, 1.54) is 35.9 Å². The number of hydrogen-bond donors (Lipinski definition) is 0. The number of likely N-dealkylation sites (N-methyl/N-ethyl adjacent to an activating group) is 1. The molecule has 0 aromatic heterocycles. The van der Waals surface area contributed by atoms with E-state index in [9.17, 15) is 9.18 Å². The minimum Gasteiger partial charge on any atom is -0.493 e. The van der Waals surface area contributed by atoms with Gasteiger partial charge in [0.2, 0.25) is 0 Å². The van der Waals surface area contributed by atoms with E-state index in [1.54, 1.807) is 37.4 Å². The van der Waals surface area contributed by atoms with Gasteiger partial charge in [0, 0.05) is 12.6 Å². The lowest BCUT2D eigenvalue weighted by atomic mass is 10.1. The highest BCUT2D eigenvalue weighted by Gasteiger charge is 2.28. The van der Waals surface area contributed by atoms with Gasteiger partial charge in [-0.3, -0.25) is 9.69 Å². The summed E-state index contributed by atoms with van der Waals surface area (Å²) in [5.41, 5.74) is 0.998. The molecule has 0 atom stereocenters. The fraction of sp³-hybridized carbons (Fsp3) is 0.158. The smallest absolute Gasteiger partial charge is 0.265 e. The second-order valence-corrected chi connectivity index (χ2v) is 7.72. The molecule has 1 amide bonds. The van der Waals surface area contributed by atoms with Crippen LogP contribution in [0.2, 0.25) is 5.02 Å². The number of rotatable bonds is 5. The van der Waals surface area contributed by atoms with Crippen LogP contribution in [0.4, 0.5) is 4.39 Å². The summed E-state index contributed by atoms with van der Waals surface area (Å²) in [6, 6.07) is 9.69. The Hall–Kier alpha value is -2.09.